The van der Waals surface area contributed by atoms with Gasteiger partial charge in [0.1, 0.15) is 0 Å². The largest absolute Gasteiger partial charge is 0.155 e. The van der Waals surface area contributed by atoms with Crippen molar-refractivity contribution in [3.05, 3.63) is 47.7 Å². The smallest absolute Gasteiger partial charge is 0.0929 e. The molecule has 0 amide bonds. The predicted octanol–water partition coefficient (Wildman–Crippen LogP) is 8.98. The van der Waals surface area contributed by atoms with Gasteiger partial charge in [-0.25, -0.2) is 0 Å². The number of hydrogen-bond acceptors (Lipinski definition) is 2. The van der Waals surface area contributed by atoms with E-state index in [9.17, 15) is 0 Å². The highest BCUT2D eigenvalue weighted by Crippen LogP contribution is 2.34. The molecule has 1 aromatic carbocycles. The van der Waals surface area contributed by atoms with E-state index in [0.717, 1.165) is 29.6 Å². The fourth-order valence-electron chi connectivity index (χ4n) is 5.27. The molecule has 3 rings (SSSR count). The van der Waals surface area contributed by atoms with Gasteiger partial charge in [-0.2, -0.15) is 10.2 Å². The van der Waals surface area contributed by atoms with Crippen LogP contribution >= 0.6 is 0 Å². The zero-order chi connectivity index (χ0) is 22.4. The maximum atomic E-state index is 4.55. The van der Waals surface area contributed by atoms with E-state index in [1.165, 1.54) is 107 Å². The maximum absolute atomic E-state index is 4.55. The van der Waals surface area contributed by atoms with Crippen LogP contribution in [0.1, 0.15) is 115 Å². The standard InChI is InChI=1S/C30H46N2/c1-3-5-7-8-10-12-25-13-15-27(16-14-25)19-22-29-23-24-30(32-31-29)28-20-17-26(18-21-28)11-9-6-4-2/h17-18,20-21,23-25,27H,3-16,19,22H2,1-2H3. The van der Waals surface area contributed by atoms with Crippen LogP contribution in [0.4, 0.5) is 0 Å². The van der Waals surface area contributed by atoms with Crippen LogP contribution in [-0.2, 0) is 12.8 Å². The van der Waals surface area contributed by atoms with Gasteiger partial charge in [-0.15, -0.1) is 0 Å². The van der Waals surface area contributed by atoms with Crippen molar-refractivity contribution in [2.45, 2.75) is 117 Å². The van der Waals surface area contributed by atoms with Gasteiger partial charge in [-0.05, 0) is 55.2 Å². The van der Waals surface area contributed by atoms with E-state index in [-0.39, 0.29) is 0 Å². The van der Waals surface area contributed by atoms with Crippen molar-refractivity contribution >= 4 is 0 Å². The second-order valence-corrected chi connectivity index (χ2v) is 10.2. The van der Waals surface area contributed by atoms with Crippen LogP contribution in [0.2, 0.25) is 0 Å². The molecule has 0 unspecified atom stereocenters. The molecule has 2 nitrogen and oxygen atoms in total. The lowest BCUT2D eigenvalue weighted by Crippen LogP contribution is -2.15. The average Bonchev–Trinajstić information content (AvgIpc) is 2.84. The van der Waals surface area contributed by atoms with Gasteiger partial charge in [-0.1, -0.05) is 115 Å². The minimum atomic E-state index is 0.896. The molecule has 0 bridgehead atoms. The highest BCUT2D eigenvalue weighted by atomic mass is 15.1. The zero-order valence-electron chi connectivity index (χ0n) is 20.8. The monoisotopic (exact) mass is 434 g/mol. The van der Waals surface area contributed by atoms with Crippen molar-refractivity contribution in [1.82, 2.24) is 10.2 Å². The molecule has 1 fully saturated rings. The summed E-state index contributed by atoms with van der Waals surface area (Å²) < 4.78 is 0. The van der Waals surface area contributed by atoms with E-state index in [1.54, 1.807) is 0 Å². The highest BCUT2D eigenvalue weighted by Gasteiger charge is 2.20. The van der Waals surface area contributed by atoms with Crippen LogP contribution in [-0.4, -0.2) is 10.2 Å². The number of rotatable bonds is 14. The summed E-state index contributed by atoms with van der Waals surface area (Å²) in [6.45, 7) is 4.56. The van der Waals surface area contributed by atoms with Crippen LogP contribution in [0.3, 0.4) is 0 Å². The molecule has 0 spiro atoms. The first-order valence-electron chi connectivity index (χ1n) is 13.7. The molecule has 1 saturated carbocycles. The molecule has 2 heteroatoms. The average molecular weight is 435 g/mol. The van der Waals surface area contributed by atoms with Gasteiger partial charge < -0.3 is 0 Å². The maximum Gasteiger partial charge on any atom is 0.0929 e. The topological polar surface area (TPSA) is 25.8 Å². The van der Waals surface area contributed by atoms with Gasteiger partial charge in [0.25, 0.3) is 0 Å². The predicted molar refractivity (Wildman–Crippen MR) is 138 cm³/mol. The SMILES string of the molecule is CCCCCCCC1CCC(CCc2ccc(-c3ccc(CCCCC)cc3)nn2)CC1. The number of nitrogens with zero attached hydrogens (tertiary/aromatic N) is 2. The van der Waals surface area contributed by atoms with Gasteiger partial charge >= 0.3 is 0 Å². The molecule has 0 atom stereocenters. The molecule has 0 radical (unpaired) electrons. The Bertz CT molecular complexity index is 726. The van der Waals surface area contributed by atoms with Crippen molar-refractivity contribution in [1.29, 1.82) is 0 Å². The first kappa shape index (κ1) is 24.9. The van der Waals surface area contributed by atoms with E-state index in [2.05, 4.69) is 60.4 Å². The lowest BCUT2D eigenvalue weighted by molar-refractivity contribution is 0.248. The Morgan fingerprint density at radius 3 is 1.94 bits per heavy atom. The summed E-state index contributed by atoms with van der Waals surface area (Å²) in [5, 5.41) is 9.09. The normalized spacial score (nSPS) is 18.7. The molecule has 1 aromatic heterocycles. The van der Waals surface area contributed by atoms with Crippen LogP contribution in [0.5, 0.6) is 0 Å². The summed E-state index contributed by atoms with van der Waals surface area (Å²) in [6.07, 6.45) is 21.8. The second-order valence-electron chi connectivity index (χ2n) is 10.2. The molecule has 0 N–H and O–H groups in total. The Hall–Kier alpha value is -1.70. The second kappa shape index (κ2) is 14.4. The first-order chi connectivity index (χ1) is 15.8. The van der Waals surface area contributed by atoms with Gasteiger partial charge in [0.05, 0.1) is 11.4 Å². The molecule has 0 aliphatic heterocycles. The van der Waals surface area contributed by atoms with E-state index in [4.69, 9.17) is 0 Å². The summed E-state index contributed by atoms with van der Waals surface area (Å²) >= 11 is 0. The molecular weight excluding hydrogens is 388 g/mol. The van der Waals surface area contributed by atoms with Gasteiger partial charge in [-0.3, -0.25) is 0 Å². The third-order valence-electron chi connectivity index (χ3n) is 7.53. The fraction of sp³-hybridized carbons (Fsp3) is 0.667. The van der Waals surface area contributed by atoms with E-state index in [1.807, 2.05) is 0 Å². The molecule has 0 saturated heterocycles. The van der Waals surface area contributed by atoms with E-state index in [0.29, 0.717) is 0 Å². The Kier molecular flexibility index (Phi) is 11.3. The highest BCUT2D eigenvalue weighted by molar-refractivity contribution is 5.58. The van der Waals surface area contributed by atoms with Crippen molar-refractivity contribution in [3.8, 4) is 11.3 Å². The Morgan fingerprint density at radius 2 is 1.28 bits per heavy atom. The summed E-state index contributed by atoms with van der Waals surface area (Å²) in [4.78, 5) is 0. The number of benzene rings is 1. The Balaban J connectivity index is 1.35. The van der Waals surface area contributed by atoms with Gasteiger partial charge in [0.2, 0.25) is 0 Å². The summed E-state index contributed by atoms with van der Waals surface area (Å²) in [5.41, 5.74) is 4.76. The van der Waals surface area contributed by atoms with E-state index >= 15 is 0 Å². The number of aryl methyl sites for hydroxylation is 2. The van der Waals surface area contributed by atoms with Crippen LogP contribution in [0, 0.1) is 11.8 Å². The molecule has 32 heavy (non-hydrogen) atoms. The molecule has 176 valence electrons. The Labute approximate surface area is 197 Å². The summed E-state index contributed by atoms with van der Waals surface area (Å²) in [7, 11) is 0. The third kappa shape index (κ3) is 8.68. The Morgan fingerprint density at radius 1 is 0.625 bits per heavy atom. The van der Waals surface area contributed by atoms with Crippen molar-refractivity contribution in [2.75, 3.05) is 0 Å². The van der Waals surface area contributed by atoms with Gasteiger partial charge in [0, 0.05) is 5.56 Å². The molecule has 1 aliphatic rings. The van der Waals surface area contributed by atoms with Crippen molar-refractivity contribution in [2.24, 2.45) is 11.8 Å². The molecule has 1 heterocycles. The molecule has 1 aliphatic carbocycles. The van der Waals surface area contributed by atoms with Crippen molar-refractivity contribution < 1.29 is 0 Å². The van der Waals surface area contributed by atoms with E-state index < -0.39 is 0 Å². The van der Waals surface area contributed by atoms with Crippen LogP contribution in [0.25, 0.3) is 11.3 Å². The first-order valence-corrected chi connectivity index (χ1v) is 13.7. The minimum absolute atomic E-state index is 0.896. The third-order valence-corrected chi connectivity index (χ3v) is 7.53. The van der Waals surface area contributed by atoms with Gasteiger partial charge in [0.15, 0.2) is 0 Å². The number of hydrogen-bond donors (Lipinski definition) is 0. The quantitative estimate of drug-likeness (QED) is 0.277. The zero-order valence-corrected chi connectivity index (χ0v) is 20.8. The molecular formula is C30H46N2. The van der Waals surface area contributed by atoms with Crippen molar-refractivity contribution in [3.63, 3.8) is 0 Å². The summed E-state index contributed by atoms with van der Waals surface area (Å²) in [5.74, 6) is 1.90. The van der Waals surface area contributed by atoms with Crippen LogP contribution < -0.4 is 0 Å². The fourth-order valence-corrected chi connectivity index (χ4v) is 5.27. The summed E-state index contributed by atoms with van der Waals surface area (Å²) in [6, 6.07) is 13.3. The lowest BCUT2D eigenvalue weighted by atomic mass is 9.78. The molecule has 2 aromatic rings. The minimum Gasteiger partial charge on any atom is -0.155 e. The lowest BCUT2D eigenvalue weighted by Gasteiger charge is -2.28. The number of aromatic nitrogens is 2. The van der Waals surface area contributed by atoms with Crippen LogP contribution in [0.15, 0.2) is 36.4 Å². The number of unbranched alkanes of at least 4 members (excludes halogenated alkanes) is 6.